The van der Waals surface area contributed by atoms with Crippen LogP contribution in [0.2, 0.25) is 4.63 Å². The first-order valence-electron chi connectivity index (χ1n) is 12.0. The summed E-state index contributed by atoms with van der Waals surface area (Å²) in [7, 11) is 1.35. The average molecular weight is 569 g/mol. The van der Waals surface area contributed by atoms with Crippen molar-refractivity contribution in [3.63, 3.8) is 0 Å². The van der Waals surface area contributed by atoms with Crippen molar-refractivity contribution in [3.05, 3.63) is 74.6 Å². The van der Waals surface area contributed by atoms with E-state index in [0.29, 0.717) is 5.92 Å². The van der Waals surface area contributed by atoms with Crippen LogP contribution in [0.25, 0.3) is 11.1 Å². The van der Waals surface area contributed by atoms with Crippen LogP contribution in [0.3, 0.4) is 0 Å². The molecule has 2 aromatic rings. The predicted molar refractivity (Wildman–Crippen MR) is 150 cm³/mol. The van der Waals surface area contributed by atoms with Crippen LogP contribution in [-0.4, -0.2) is 7.37 Å². The Morgan fingerprint density at radius 1 is 0.906 bits per heavy atom. The van der Waals surface area contributed by atoms with E-state index in [9.17, 15) is 0 Å². The van der Waals surface area contributed by atoms with Crippen molar-refractivity contribution in [2.45, 2.75) is 70.9 Å². The molecular weight excluding hydrogens is 527 g/mol. The minimum absolute atomic E-state index is 0. The fourth-order valence-electron chi connectivity index (χ4n) is 4.80. The molecule has 2 aromatic carbocycles. The van der Waals surface area contributed by atoms with Crippen molar-refractivity contribution < 1.29 is 19.4 Å². The van der Waals surface area contributed by atoms with E-state index in [1.807, 2.05) is 3.28 Å². The summed E-state index contributed by atoms with van der Waals surface area (Å²) in [6.07, 6.45) is 13.0. The van der Waals surface area contributed by atoms with Crippen molar-refractivity contribution in [2.24, 2.45) is 5.92 Å². The van der Waals surface area contributed by atoms with Gasteiger partial charge in [-0.2, -0.15) is 0 Å². The fourth-order valence-corrected chi connectivity index (χ4v) is 16.9. The van der Waals surface area contributed by atoms with E-state index in [4.69, 9.17) is 0 Å². The van der Waals surface area contributed by atoms with E-state index in [2.05, 4.69) is 86.9 Å². The maximum absolute atomic E-state index is 2.67. The average Bonchev–Trinajstić information content (AvgIpc) is 3.38. The van der Waals surface area contributed by atoms with Crippen LogP contribution in [0, 0.1) is 5.92 Å². The molecule has 1 atom stereocenters. The molecule has 0 radical (unpaired) electrons. The molecular formula is C28H42Cl2SiZr. The zero-order chi connectivity index (χ0) is 21.7. The van der Waals surface area contributed by atoms with Gasteiger partial charge in [0.15, 0.2) is 0 Å². The molecule has 0 fully saturated rings. The molecule has 0 aliphatic heterocycles. The van der Waals surface area contributed by atoms with Crippen LogP contribution in [0.1, 0.15) is 70.9 Å². The first-order valence-corrected chi connectivity index (χ1v) is 25.3. The van der Waals surface area contributed by atoms with Gasteiger partial charge in [0.2, 0.25) is 0 Å². The number of benzene rings is 2. The van der Waals surface area contributed by atoms with Gasteiger partial charge in [0.05, 0.1) is 0 Å². The van der Waals surface area contributed by atoms with E-state index >= 15 is 0 Å². The van der Waals surface area contributed by atoms with Gasteiger partial charge in [0.1, 0.15) is 0 Å². The number of rotatable bonds is 6. The maximum atomic E-state index is 2.67. The molecule has 1 unspecified atom stereocenters. The van der Waals surface area contributed by atoms with Crippen molar-refractivity contribution in [1.82, 2.24) is 0 Å². The second kappa shape index (κ2) is 13.5. The van der Waals surface area contributed by atoms with Gasteiger partial charge in [-0.25, -0.2) is 0 Å². The Labute approximate surface area is 216 Å². The van der Waals surface area contributed by atoms with Gasteiger partial charge in [-0.15, -0.1) is 24.8 Å². The molecule has 0 spiro atoms. The minimum Gasteiger partial charge on any atom is -0.147 e. The molecule has 4 rings (SSSR count). The Kier molecular flexibility index (Phi) is 12.5. The van der Waals surface area contributed by atoms with Crippen molar-refractivity contribution in [1.29, 1.82) is 0 Å². The molecule has 0 heterocycles. The standard InChI is InChI=1S/C13H9.C8H11.C6H14.CH3.2ClH.H3Si.Zr/c1-3-7-12-10(5-1)9-11-6-2-4-8-13(11)12;1-7(2)8-5-3-4-6-8;1-3-5-6-4-2;;;;;/h1-5,7-8H,9H2;5-7H,3H2,1-2H3;3-6H2,1-2H3;1H3;2*1H;1H3;. The summed E-state index contributed by atoms with van der Waals surface area (Å²) in [4.78, 5) is 0. The van der Waals surface area contributed by atoms with Crippen molar-refractivity contribution in [3.8, 4) is 11.1 Å². The maximum Gasteiger partial charge on any atom is -0.0536 e. The number of hydrogen-bond acceptors (Lipinski definition) is 0. The molecule has 4 heteroatoms. The molecule has 0 nitrogen and oxygen atoms in total. The van der Waals surface area contributed by atoms with Gasteiger partial charge in [-0.3, -0.25) is 0 Å². The summed E-state index contributed by atoms with van der Waals surface area (Å²) in [5.74, 6) is 0.664. The molecule has 0 bridgehead atoms. The third kappa shape index (κ3) is 6.59. The molecule has 32 heavy (non-hydrogen) atoms. The van der Waals surface area contributed by atoms with Crippen LogP contribution < -0.4 is 3.27 Å². The summed E-state index contributed by atoms with van der Waals surface area (Å²) < 4.78 is 6.26. The van der Waals surface area contributed by atoms with E-state index in [0.717, 1.165) is 6.42 Å². The van der Waals surface area contributed by atoms with Crippen LogP contribution >= 0.6 is 24.8 Å². The largest absolute Gasteiger partial charge is 0.147 e. The molecule has 176 valence electrons. The molecule has 0 amide bonds. The Bertz CT molecular complexity index is 940. The van der Waals surface area contributed by atoms with Gasteiger partial charge in [-0.05, 0) is 0 Å². The predicted octanol–water partition coefficient (Wildman–Crippen LogP) is 7.67. The minimum atomic E-state index is -2.36. The summed E-state index contributed by atoms with van der Waals surface area (Å²) in [5, 5.41) is 0. The second-order valence-electron chi connectivity index (χ2n) is 9.73. The number of fused-ring (bicyclic) bond motifs is 3. The topological polar surface area (TPSA) is 0 Å². The summed E-state index contributed by atoms with van der Waals surface area (Å²) in [6.45, 7) is 9.11. The number of allylic oxidation sites excluding steroid dienone is 4. The van der Waals surface area contributed by atoms with Crippen LogP contribution in [0.4, 0.5) is 0 Å². The van der Waals surface area contributed by atoms with Crippen molar-refractivity contribution >= 4 is 35.5 Å². The molecule has 2 aliphatic carbocycles. The molecule has 2 aliphatic rings. The van der Waals surface area contributed by atoms with Gasteiger partial charge in [-0.1, -0.05) is 39.5 Å². The smallest absolute Gasteiger partial charge is 0.0536 e. The van der Waals surface area contributed by atoms with Gasteiger partial charge >= 0.3 is 153 Å². The first kappa shape index (κ1) is 29.6. The summed E-state index contributed by atoms with van der Waals surface area (Å²) >= 11 is -2.36. The Balaban J connectivity index is 0.000000571. The Morgan fingerprint density at radius 3 is 2.12 bits per heavy atom. The Morgan fingerprint density at radius 2 is 1.53 bits per heavy atom. The zero-order valence-corrected chi connectivity index (χ0v) is 26.9. The quantitative estimate of drug-likeness (QED) is 0.212. The zero-order valence-electron chi connectivity index (χ0n) is 20.8. The summed E-state index contributed by atoms with van der Waals surface area (Å²) in [5.41, 5.74) is 7.73. The van der Waals surface area contributed by atoms with E-state index in [1.54, 1.807) is 14.4 Å². The molecule has 0 saturated heterocycles. The fraction of sp³-hybridized carbons (Fsp3) is 0.429. The first-order chi connectivity index (χ1) is 14.4. The third-order valence-electron chi connectivity index (χ3n) is 6.85. The number of hydrogen-bond donors (Lipinski definition) is 0. The van der Waals surface area contributed by atoms with Gasteiger partial charge < -0.3 is 0 Å². The van der Waals surface area contributed by atoms with Gasteiger partial charge in [0, 0.05) is 0 Å². The van der Waals surface area contributed by atoms with Crippen LogP contribution in [-0.2, 0) is 25.8 Å². The third-order valence-corrected chi connectivity index (χ3v) is 23.1. The molecule has 0 aromatic heterocycles. The van der Waals surface area contributed by atoms with E-state index in [1.165, 1.54) is 56.2 Å². The summed E-state index contributed by atoms with van der Waals surface area (Å²) in [6, 6.07) is 16.1. The van der Waals surface area contributed by atoms with Crippen molar-refractivity contribution in [2.75, 3.05) is 0 Å². The number of halogens is 2. The van der Waals surface area contributed by atoms with Gasteiger partial charge in [0.25, 0.3) is 0 Å². The van der Waals surface area contributed by atoms with Crippen LogP contribution in [0.5, 0.6) is 0 Å². The van der Waals surface area contributed by atoms with E-state index < -0.39 is 19.4 Å². The number of unbranched alkanes of at least 4 members (excludes halogenated alkanes) is 3. The van der Waals surface area contributed by atoms with E-state index in [-0.39, 0.29) is 24.8 Å². The molecule has 0 saturated carbocycles. The Hall–Kier alpha value is -0.400. The second-order valence-corrected chi connectivity index (χ2v) is 32.5. The monoisotopic (exact) mass is 566 g/mol. The normalized spacial score (nSPS) is 15.3. The SMILES string of the molecule is CC(C)C1=CC[C]([Zr]([CH3])([SiH3])[c]2cccc3c2Cc2ccccc2-3)=C1.CCCCCC.Cl.Cl. The molecule has 0 N–H and O–H groups in total. The van der Waals surface area contributed by atoms with Crippen LogP contribution in [0.15, 0.2) is 63.5 Å².